The Hall–Kier alpha value is -5.18. The number of nitrogens with zero attached hydrogens (tertiary/aromatic N) is 3. The number of hydrogen-bond donors (Lipinski definition) is 0. The molecule has 9 heteroatoms. The van der Waals surface area contributed by atoms with E-state index in [1.165, 1.54) is 14.2 Å². The van der Waals surface area contributed by atoms with Gasteiger partial charge in [-0.2, -0.15) is 5.10 Å². The van der Waals surface area contributed by atoms with E-state index in [9.17, 15) is 9.59 Å². The number of ether oxygens (including phenoxy) is 4. The fraction of sp³-hybridized carbons (Fsp3) is 0.161. The molecule has 0 amide bonds. The maximum absolute atomic E-state index is 13.5. The standard InChI is InChI=1S/C31H27N3O6/c1-19-29-25(31(36)40-18-27(35)24-16-23(38-3)14-15-28(24)39-4)17-26(20-10-12-22(37-2)13-11-20)32-30(29)34(33-19)21-8-6-5-7-9-21/h5-17H,18H2,1-4H3. The smallest absolute Gasteiger partial charge is 0.339 e. The number of rotatable bonds is 9. The minimum Gasteiger partial charge on any atom is -0.497 e. The average Bonchev–Trinajstić information content (AvgIpc) is 3.35. The fourth-order valence-electron chi connectivity index (χ4n) is 4.43. The van der Waals surface area contributed by atoms with Crippen LogP contribution in [-0.2, 0) is 4.74 Å². The number of pyridine rings is 1. The Morgan fingerprint density at radius 3 is 2.17 bits per heavy atom. The van der Waals surface area contributed by atoms with Crippen molar-refractivity contribution < 1.29 is 28.5 Å². The molecule has 5 rings (SSSR count). The van der Waals surface area contributed by atoms with Crippen LogP contribution in [0.1, 0.15) is 26.4 Å². The largest absolute Gasteiger partial charge is 0.497 e. The summed E-state index contributed by atoms with van der Waals surface area (Å²) in [6.45, 7) is 1.31. The van der Waals surface area contributed by atoms with E-state index in [2.05, 4.69) is 5.10 Å². The lowest BCUT2D eigenvalue weighted by Crippen LogP contribution is -2.16. The molecular formula is C31H27N3O6. The molecule has 9 nitrogen and oxygen atoms in total. The molecule has 0 saturated carbocycles. The number of fused-ring (bicyclic) bond motifs is 1. The number of carbonyl (C=O) groups excluding carboxylic acids is 2. The van der Waals surface area contributed by atoms with Crippen LogP contribution in [0.2, 0.25) is 0 Å². The van der Waals surface area contributed by atoms with Gasteiger partial charge >= 0.3 is 5.97 Å². The van der Waals surface area contributed by atoms with Crippen LogP contribution in [0.25, 0.3) is 28.0 Å². The number of aryl methyl sites for hydroxylation is 1. The zero-order valence-electron chi connectivity index (χ0n) is 22.5. The third-order valence-corrected chi connectivity index (χ3v) is 6.46. The Bertz CT molecular complexity index is 1690. The van der Waals surface area contributed by atoms with Gasteiger partial charge in [0.05, 0.1) is 54.9 Å². The van der Waals surface area contributed by atoms with Crippen LogP contribution in [0, 0.1) is 6.92 Å². The minimum atomic E-state index is -0.673. The maximum atomic E-state index is 13.5. The van der Waals surface area contributed by atoms with E-state index >= 15 is 0 Å². The number of para-hydroxylation sites is 1. The first kappa shape index (κ1) is 26.4. The topological polar surface area (TPSA) is 102 Å². The van der Waals surface area contributed by atoms with Crippen LogP contribution < -0.4 is 14.2 Å². The first-order valence-electron chi connectivity index (χ1n) is 12.5. The predicted molar refractivity (Wildman–Crippen MR) is 150 cm³/mol. The number of aromatic nitrogens is 3. The summed E-state index contributed by atoms with van der Waals surface area (Å²) in [6.07, 6.45) is 0. The number of carbonyl (C=O) groups is 2. The third-order valence-electron chi connectivity index (χ3n) is 6.46. The van der Waals surface area contributed by atoms with Crippen molar-refractivity contribution in [1.82, 2.24) is 14.8 Å². The lowest BCUT2D eigenvalue weighted by atomic mass is 10.1. The molecule has 3 aromatic carbocycles. The van der Waals surface area contributed by atoms with Crippen LogP contribution in [0.5, 0.6) is 17.2 Å². The molecule has 0 aliphatic carbocycles. The average molecular weight is 538 g/mol. The van der Waals surface area contributed by atoms with Crippen molar-refractivity contribution >= 4 is 22.8 Å². The van der Waals surface area contributed by atoms with Crippen LogP contribution in [-0.4, -0.2) is 54.5 Å². The van der Waals surface area contributed by atoms with Crippen molar-refractivity contribution in [2.75, 3.05) is 27.9 Å². The number of ketones is 1. The second kappa shape index (κ2) is 11.3. The van der Waals surface area contributed by atoms with Crippen LogP contribution >= 0.6 is 0 Å². The summed E-state index contributed by atoms with van der Waals surface area (Å²) >= 11 is 0. The molecule has 202 valence electrons. The highest BCUT2D eigenvalue weighted by molar-refractivity contribution is 6.07. The minimum absolute atomic E-state index is 0.251. The van der Waals surface area contributed by atoms with Crippen LogP contribution in [0.3, 0.4) is 0 Å². The molecule has 2 aromatic heterocycles. The summed E-state index contributed by atoms with van der Waals surface area (Å²) in [7, 11) is 4.56. The van der Waals surface area contributed by atoms with Crippen molar-refractivity contribution in [2.24, 2.45) is 0 Å². The molecule has 0 saturated heterocycles. The van der Waals surface area contributed by atoms with Gasteiger partial charge in [0.1, 0.15) is 17.2 Å². The lowest BCUT2D eigenvalue weighted by Gasteiger charge is -2.11. The molecule has 0 bridgehead atoms. The van der Waals surface area contributed by atoms with E-state index in [4.69, 9.17) is 23.9 Å². The Morgan fingerprint density at radius 1 is 0.800 bits per heavy atom. The molecule has 0 radical (unpaired) electrons. The highest BCUT2D eigenvalue weighted by Gasteiger charge is 2.23. The highest BCUT2D eigenvalue weighted by atomic mass is 16.5. The molecule has 0 N–H and O–H groups in total. The summed E-state index contributed by atoms with van der Waals surface area (Å²) in [5.41, 5.74) is 3.69. The van der Waals surface area contributed by atoms with E-state index in [-0.39, 0.29) is 11.1 Å². The third kappa shape index (κ3) is 5.09. The molecule has 40 heavy (non-hydrogen) atoms. The van der Waals surface area contributed by atoms with Crippen LogP contribution in [0.15, 0.2) is 78.9 Å². The summed E-state index contributed by atoms with van der Waals surface area (Å²) < 4.78 is 23.1. The Morgan fingerprint density at radius 2 is 1.50 bits per heavy atom. The monoisotopic (exact) mass is 537 g/mol. The van der Waals surface area contributed by atoms with Crippen LogP contribution in [0.4, 0.5) is 0 Å². The summed E-state index contributed by atoms with van der Waals surface area (Å²) in [4.78, 5) is 31.5. The van der Waals surface area contributed by atoms with Gasteiger partial charge < -0.3 is 18.9 Å². The second-order valence-electron chi connectivity index (χ2n) is 8.88. The number of benzene rings is 3. The molecule has 0 aliphatic heterocycles. The van der Waals surface area contributed by atoms with E-state index in [0.717, 1.165) is 11.3 Å². The first-order valence-corrected chi connectivity index (χ1v) is 12.5. The zero-order valence-corrected chi connectivity index (χ0v) is 22.5. The van der Waals surface area contributed by atoms with Gasteiger partial charge in [0, 0.05) is 5.56 Å². The van der Waals surface area contributed by atoms with Crippen molar-refractivity contribution in [3.63, 3.8) is 0 Å². The molecule has 5 aromatic rings. The highest BCUT2D eigenvalue weighted by Crippen LogP contribution is 2.30. The molecule has 0 atom stereocenters. The molecule has 0 aliphatic rings. The SMILES string of the molecule is COc1ccc(-c2cc(C(=O)OCC(=O)c3cc(OC)ccc3OC)c3c(C)nn(-c4ccccc4)c3n2)cc1. The second-order valence-corrected chi connectivity index (χ2v) is 8.88. The molecular weight excluding hydrogens is 510 g/mol. The summed E-state index contributed by atoms with van der Waals surface area (Å²) in [5, 5.41) is 5.22. The zero-order chi connectivity index (χ0) is 28.2. The summed E-state index contributed by atoms with van der Waals surface area (Å²) in [6, 6.07) is 23.4. The van der Waals surface area contributed by atoms with Crippen molar-refractivity contribution in [1.29, 1.82) is 0 Å². The van der Waals surface area contributed by atoms with Gasteiger partial charge in [-0.15, -0.1) is 0 Å². The number of methoxy groups -OCH3 is 3. The van der Waals surface area contributed by atoms with Gasteiger partial charge in [0.25, 0.3) is 0 Å². The van der Waals surface area contributed by atoms with Gasteiger partial charge in [0.2, 0.25) is 5.78 Å². The van der Waals surface area contributed by atoms with Crippen molar-refractivity contribution in [3.05, 3.63) is 95.7 Å². The Kier molecular flexibility index (Phi) is 7.46. The van der Waals surface area contributed by atoms with Gasteiger partial charge in [-0.05, 0) is 67.6 Å². The van der Waals surface area contributed by atoms with Crippen molar-refractivity contribution in [3.8, 4) is 34.2 Å². The quantitative estimate of drug-likeness (QED) is 0.180. The molecule has 0 unspecified atom stereocenters. The van der Waals surface area contributed by atoms with E-state index in [1.807, 2.05) is 54.6 Å². The van der Waals surface area contributed by atoms with Gasteiger partial charge in [-0.1, -0.05) is 18.2 Å². The summed E-state index contributed by atoms with van der Waals surface area (Å²) in [5.74, 6) is 0.435. The fourth-order valence-corrected chi connectivity index (χ4v) is 4.43. The normalized spacial score (nSPS) is 10.8. The number of hydrogen-bond acceptors (Lipinski definition) is 8. The first-order chi connectivity index (χ1) is 19.4. The van der Waals surface area contributed by atoms with Gasteiger partial charge in [-0.25, -0.2) is 14.5 Å². The maximum Gasteiger partial charge on any atom is 0.339 e. The van der Waals surface area contributed by atoms with E-state index < -0.39 is 18.4 Å². The Labute approximate surface area is 230 Å². The lowest BCUT2D eigenvalue weighted by molar-refractivity contribution is 0.0476. The van der Waals surface area contributed by atoms with Gasteiger partial charge in [0.15, 0.2) is 12.3 Å². The van der Waals surface area contributed by atoms with E-state index in [1.54, 1.807) is 43.0 Å². The van der Waals surface area contributed by atoms with Gasteiger partial charge in [-0.3, -0.25) is 4.79 Å². The molecule has 0 spiro atoms. The number of esters is 1. The molecule has 2 heterocycles. The van der Waals surface area contributed by atoms with Crippen molar-refractivity contribution in [2.45, 2.75) is 6.92 Å². The van der Waals surface area contributed by atoms with E-state index in [0.29, 0.717) is 39.7 Å². The number of Topliss-reactive ketones (excluding diaryl/α,β-unsaturated/α-hetero) is 1. The molecule has 0 fully saturated rings. The predicted octanol–water partition coefficient (Wildman–Crippen LogP) is 5.46. The Balaban J connectivity index is 1.56.